The Kier molecular flexibility index (Phi) is 10.2. The van der Waals surface area contributed by atoms with E-state index in [1.165, 1.54) is 0 Å². The highest BCUT2D eigenvalue weighted by Gasteiger charge is 2.32. The number of benzene rings is 1. The van der Waals surface area contributed by atoms with E-state index in [4.69, 9.17) is 14.6 Å². The third-order valence-electron chi connectivity index (χ3n) is 4.67. The van der Waals surface area contributed by atoms with E-state index in [1.807, 2.05) is 33.2 Å². The molecule has 1 amide bonds. The highest BCUT2D eigenvalue weighted by Crippen LogP contribution is 2.25. The van der Waals surface area contributed by atoms with Crippen LogP contribution in [-0.4, -0.2) is 77.7 Å². The lowest BCUT2D eigenvalue weighted by atomic mass is 10.0. The summed E-state index contributed by atoms with van der Waals surface area (Å²) in [7, 11) is 3.93. The van der Waals surface area contributed by atoms with Gasteiger partial charge in [0.1, 0.15) is 5.75 Å². The van der Waals surface area contributed by atoms with Gasteiger partial charge in [-0.1, -0.05) is 19.1 Å². The number of amides is 1. The number of aliphatic carboxylic acids is 2. The minimum atomic E-state index is -0.840. The summed E-state index contributed by atoms with van der Waals surface area (Å²) in [5.41, 5.74) is 0.500. The fraction of sp³-hybridized carbons (Fsp3) is 0.571. The number of likely N-dealkylation sites (N-methyl/N-ethyl adjacent to an activating group) is 1. The van der Waals surface area contributed by atoms with Crippen molar-refractivity contribution in [2.24, 2.45) is 5.92 Å². The Hall–Kier alpha value is -2.61. The van der Waals surface area contributed by atoms with Gasteiger partial charge in [-0.15, -0.1) is 0 Å². The summed E-state index contributed by atoms with van der Waals surface area (Å²) in [6, 6.07) is 7.34. The van der Waals surface area contributed by atoms with Gasteiger partial charge in [0, 0.05) is 26.1 Å². The molecular weight excluding hydrogens is 376 g/mol. The minimum absolute atomic E-state index is 0.150. The van der Waals surface area contributed by atoms with Crippen molar-refractivity contribution < 1.29 is 29.3 Å². The molecule has 0 bridgehead atoms. The Labute approximate surface area is 172 Å². The van der Waals surface area contributed by atoms with Gasteiger partial charge in [0.05, 0.1) is 18.1 Å². The molecule has 1 aromatic rings. The normalized spacial score (nSPS) is 19.0. The maximum absolute atomic E-state index is 13.1. The molecule has 8 heteroatoms. The molecule has 1 aromatic carbocycles. The first kappa shape index (κ1) is 24.4. The topological polar surface area (TPSA) is 107 Å². The third kappa shape index (κ3) is 8.11. The predicted octanol–water partition coefficient (Wildman–Crippen LogP) is 2.43. The Morgan fingerprint density at radius 1 is 1.14 bits per heavy atom. The van der Waals surface area contributed by atoms with E-state index < -0.39 is 17.9 Å². The molecular formula is C21H32N2O6. The van der Waals surface area contributed by atoms with E-state index in [1.54, 1.807) is 17.0 Å². The van der Waals surface area contributed by atoms with Crippen molar-refractivity contribution >= 4 is 17.8 Å². The molecule has 0 unspecified atom stereocenters. The van der Waals surface area contributed by atoms with Gasteiger partial charge in [0.15, 0.2) is 0 Å². The molecule has 1 aliphatic heterocycles. The van der Waals surface area contributed by atoms with Crippen LogP contribution in [0.15, 0.2) is 24.3 Å². The van der Waals surface area contributed by atoms with Gasteiger partial charge in [0.25, 0.3) is 11.9 Å². The molecule has 29 heavy (non-hydrogen) atoms. The first-order chi connectivity index (χ1) is 13.7. The number of carbonyl (C=O) groups is 3. The van der Waals surface area contributed by atoms with Gasteiger partial charge in [-0.05, 0) is 45.5 Å². The zero-order chi connectivity index (χ0) is 22.0. The number of para-hydroxylation sites is 1. The summed E-state index contributed by atoms with van der Waals surface area (Å²) in [6.45, 7) is 4.40. The Morgan fingerprint density at radius 3 is 2.31 bits per heavy atom. The zero-order valence-electron chi connectivity index (χ0n) is 17.6. The van der Waals surface area contributed by atoms with Crippen LogP contribution >= 0.6 is 0 Å². The van der Waals surface area contributed by atoms with E-state index in [0.29, 0.717) is 30.9 Å². The van der Waals surface area contributed by atoms with Crippen LogP contribution < -0.4 is 4.74 Å². The molecule has 0 radical (unpaired) electrons. The molecule has 8 nitrogen and oxygen atoms in total. The number of likely N-dealkylation sites (tertiary alicyclic amines) is 1. The molecule has 2 rings (SSSR count). The standard InChI is InChI=1S/C19H28N2O4.C2H4O2/c1-4-11-25-17-8-6-5-7-16(17)18(22)21-12-14(19(23)24)9-10-15(13-21)20(2)3;1-2(3)4/h5-8,14-15H,4,9-13H2,1-3H3,(H,23,24);1H3,(H,3,4)/t14-,15+;/m0./s1. The van der Waals surface area contributed by atoms with Crippen molar-refractivity contribution in [2.45, 2.75) is 39.2 Å². The van der Waals surface area contributed by atoms with Crippen LogP contribution in [0.5, 0.6) is 5.75 Å². The fourth-order valence-electron chi connectivity index (χ4n) is 3.11. The summed E-state index contributed by atoms with van der Waals surface area (Å²) in [5, 5.41) is 16.9. The lowest BCUT2D eigenvalue weighted by Crippen LogP contribution is -2.43. The molecule has 2 atom stereocenters. The third-order valence-corrected chi connectivity index (χ3v) is 4.67. The van der Waals surface area contributed by atoms with Crippen LogP contribution in [0, 0.1) is 5.92 Å². The Balaban J connectivity index is 0.000000960. The van der Waals surface area contributed by atoms with Crippen molar-refractivity contribution in [3.8, 4) is 5.75 Å². The van der Waals surface area contributed by atoms with Crippen LogP contribution in [-0.2, 0) is 9.59 Å². The number of nitrogens with zero attached hydrogens (tertiary/aromatic N) is 2. The van der Waals surface area contributed by atoms with Crippen LogP contribution in [0.1, 0.15) is 43.5 Å². The number of hydrogen-bond acceptors (Lipinski definition) is 5. The number of ether oxygens (including phenoxy) is 1. The summed E-state index contributed by atoms with van der Waals surface area (Å²) in [6.07, 6.45) is 2.20. The first-order valence-corrected chi connectivity index (χ1v) is 9.77. The SMILES string of the molecule is CC(=O)O.CCCOc1ccccc1C(=O)N1C[C@@H](C(=O)O)CC[C@@H](N(C)C)C1. The highest BCUT2D eigenvalue weighted by molar-refractivity contribution is 5.97. The van der Waals surface area contributed by atoms with E-state index in [0.717, 1.165) is 19.8 Å². The van der Waals surface area contributed by atoms with E-state index in [9.17, 15) is 14.7 Å². The second kappa shape index (κ2) is 12.1. The smallest absolute Gasteiger partial charge is 0.308 e. The molecule has 0 spiro atoms. The van der Waals surface area contributed by atoms with E-state index in [2.05, 4.69) is 4.90 Å². The van der Waals surface area contributed by atoms with Crippen molar-refractivity contribution in [1.29, 1.82) is 0 Å². The van der Waals surface area contributed by atoms with Gasteiger partial charge in [-0.25, -0.2) is 0 Å². The van der Waals surface area contributed by atoms with Gasteiger partial charge in [-0.2, -0.15) is 0 Å². The van der Waals surface area contributed by atoms with Crippen molar-refractivity contribution in [1.82, 2.24) is 9.80 Å². The minimum Gasteiger partial charge on any atom is -0.493 e. The monoisotopic (exact) mass is 408 g/mol. The first-order valence-electron chi connectivity index (χ1n) is 9.77. The molecule has 0 aromatic heterocycles. The van der Waals surface area contributed by atoms with Crippen molar-refractivity contribution in [2.75, 3.05) is 33.8 Å². The lowest BCUT2D eigenvalue weighted by molar-refractivity contribution is -0.142. The molecule has 0 saturated carbocycles. The Bertz CT molecular complexity index is 688. The zero-order valence-corrected chi connectivity index (χ0v) is 17.6. The molecule has 2 N–H and O–H groups in total. The number of carboxylic acid groups (broad SMARTS) is 2. The number of carbonyl (C=O) groups excluding carboxylic acids is 1. The average Bonchev–Trinajstić information content (AvgIpc) is 2.89. The summed E-state index contributed by atoms with van der Waals surface area (Å²) < 4.78 is 5.70. The van der Waals surface area contributed by atoms with Crippen molar-refractivity contribution in [3.63, 3.8) is 0 Å². The molecule has 162 valence electrons. The second-order valence-electron chi connectivity index (χ2n) is 7.30. The van der Waals surface area contributed by atoms with Crippen molar-refractivity contribution in [3.05, 3.63) is 29.8 Å². The maximum atomic E-state index is 13.1. The highest BCUT2D eigenvalue weighted by atomic mass is 16.5. The largest absolute Gasteiger partial charge is 0.493 e. The van der Waals surface area contributed by atoms with Gasteiger partial charge in [0.2, 0.25) is 0 Å². The summed E-state index contributed by atoms with van der Waals surface area (Å²) in [5.74, 6) is -1.80. The Morgan fingerprint density at radius 2 is 1.76 bits per heavy atom. The van der Waals surface area contributed by atoms with Crippen LogP contribution in [0.2, 0.25) is 0 Å². The average molecular weight is 408 g/mol. The van der Waals surface area contributed by atoms with E-state index in [-0.39, 0.29) is 18.5 Å². The van der Waals surface area contributed by atoms with Gasteiger partial charge >= 0.3 is 5.97 Å². The van der Waals surface area contributed by atoms with Gasteiger partial charge < -0.3 is 24.7 Å². The van der Waals surface area contributed by atoms with Crippen LogP contribution in [0.25, 0.3) is 0 Å². The number of rotatable bonds is 6. The molecule has 0 aliphatic carbocycles. The second-order valence-corrected chi connectivity index (χ2v) is 7.30. The summed E-state index contributed by atoms with van der Waals surface area (Å²) in [4.78, 5) is 37.4. The lowest BCUT2D eigenvalue weighted by Gasteiger charge is -2.29. The molecule has 1 saturated heterocycles. The fourth-order valence-corrected chi connectivity index (χ4v) is 3.11. The maximum Gasteiger partial charge on any atom is 0.308 e. The quantitative estimate of drug-likeness (QED) is 0.744. The molecule has 1 aliphatic rings. The van der Waals surface area contributed by atoms with Crippen LogP contribution in [0.3, 0.4) is 0 Å². The number of carboxylic acids is 2. The predicted molar refractivity (Wildman–Crippen MR) is 109 cm³/mol. The summed E-state index contributed by atoms with van der Waals surface area (Å²) >= 11 is 0. The van der Waals surface area contributed by atoms with Crippen LogP contribution in [0.4, 0.5) is 0 Å². The molecule has 1 fully saturated rings. The molecule has 1 heterocycles. The van der Waals surface area contributed by atoms with E-state index >= 15 is 0 Å². The number of hydrogen-bond donors (Lipinski definition) is 2. The van der Waals surface area contributed by atoms with Gasteiger partial charge in [-0.3, -0.25) is 14.4 Å².